The Bertz CT molecular complexity index is 1920. The maximum Gasteiger partial charge on any atom is 0.261 e. The summed E-state index contributed by atoms with van der Waals surface area (Å²) < 4.78 is 57.9. The normalized spacial score (nSPS) is 12.7. The van der Waals surface area contributed by atoms with Crippen LogP contribution in [0, 0.1) is 13.8 Å². The van der Waals surface area contributed by atoms with Crippen molar-refractivity contribution in [1.29, 1.82) is 0 Å². The van der Waals surface area contributed by atoms with Gasteiger partial charge >= 0.3 is 0 Å². The highest BCUT2D eigenvalue weighted by molar-refractivity contribution is 7.93. The smallest absolute Gasteiger partial charge is 0.261 e. The summed E-state index contributed by atoms with van der Waals surface area (Å²) in [5.74, 6) is 0. The molecule has 8 heteroatoms. The van der Waals surface area contributed by atoms with E-state index in [4.69, 9.17) is 0 Å². The molecule has 0 unspecified atom stereocenters. The Labute approximate surface area is 246 Å². The molecule has 0 heterocycles. The fourth-order valence-corrected chi connectivity index (χ4v) is 6.56. The second-order valence-corrected chi connectivity index (χ2v) is 13.3. The van der Waals surface area contributed by atoms with Crippen LogP contribution in [-0.4, -0.2) is 16.8 Å². The summed E-state index contributed by atoms with van der Waals surface area (Å²) in [5.41, 5.74) is 4.20. The number of anilines is 2. The van der Waals surface area contributed by atoms with Crippen LogP contribution in [0.25, 0.3) is 12.2 Å². The third-order valence-electron chi connectivity index (χ3n) is 6.69. The summed E-state index contributed by atoms with van der Waals surface area (Å²) in [7, 11) is -7.59. The van der Waals surface area contributed by atoms with Gasteiger partial charge < -0.3 is 0 Å². The molecule has 0 aliphatic carbocycles. The molecule has 0 saturated carbocycles. The van der Waals surface area contributed by atoms with Gasteiger partial charge in [-0.05, 0) is 84.0 Å². The van der Waals surface area contributed by atoms with Crippen molar-refractivity contribution in [2.24, 2.45) is 0 Å². The van der Waals surface area contributed by atoms with E-state index in [1.807, 2.05) is 74.5 Å². The SMILES string of the molecule is Cc1ccc(S(=O)(=O)Nc2ccccc2C=c2ccccc2=Cc2ccccc2NS(=O)(=O)c2ccc(C)cc2)cc1. The van der Waals surface area contributed by atoms with Gasteiger partial charge in [-0.15, -0.1) is 0 Å². The first-order chi connectivity index (χ1) is 20.1. The first-order valence-electron chi connectivity index (χ1n) is 13.3. The Hall–Kier alpha value is -4.66. The summed E-state index contributed by atoms with van der Waals surface area (Å²) in [6, 6.07) is 35.4. The molecule has 0 radical (unpaired) electrons. The van der Waals surface area contributed by atoms with Gasteiger partial charge in [0, 0.05) is 0 Å². The molecule has 5 aromatic rings. The minimum Gasteiger partial charge on any atom is -0.279 e. The molecule has 5 rings (SSSR count). The summed E-state index contributed by atoms with van der Waals surface area (Å²) >= 11 is 0. The second kappa shape index (κ2) is 12.1. The Kier molecular flexibility index (Phi) is 8.29. The number of benzene rings is 5. The number of aryl methyl sites for hydroxylation is 2. The molecule has 6 nitrogen and oxygen atoms in total. The average Bonchev–Trinajstić information content (AvgIpc) is 2.96. The maximum absolute atomic E-state index is 13.1. The third kappa shape index (κ3) is 6.79. The van der Waals surface area contributed by atoms with Gasteiger partial charge in [0.15, 0.2) is 0 Å². The van der Waals surface area contributed by atoms with E-state index in [1.165, 1.54) is 0 Å². The zero-order chi connectivity index (χ0) is 29.7. The van der Waals surface area contributed by atoms with E-state index in [0.29, 0.717) is 22.5 Å². The molecule has 0 spiro atoms. The van der Waals surface area contributed by atoms with Crippen LogP contribution >= 0.6 is 0 Å². The molecule has 5 aromatic carbocycles. The van der Waals surface area contributed by atoms with Crippen LogP contribution in [0.4, 0.5) is 11.4 Å². The molecule has 0 atom stereocenters. The Morgan fingerprint density at radius 3 is 1.17 bits per heavy atom. The van der Waals surface area contributed by atoms with Gasteiger partial charge in [0.05, 0.1) is 21.2 Å². The van der Waals surface area contributed by atoms with Crippen molar-refractivity contribution in [3.63, 3.8) is 0 Å². The lowest BCUT2D eigenvalue weighted by atomic mass is 10.1. The topological polar surface area (TPSA) is 92.3 Å². The molecule has 0 aromatic heterocycles. The zero-order valence-corrected chi connectivity index (χ0v) is 24.8. The van der Waals surface area contributed by atoms with Gasteiger partial charge in [0.25, 0.3) is 20.0 Å². The molecule has 0 aliphatic heterocycles. The van der Waals surface area contributed by atoms with Crippen molar-refractivity contribution < 1.29 is 16.8 Å². The van der Waals surface area contributed by atoms with Gasteiger partial charge in [-0.1, -0.05) is 96.1 Å². The van der Waals surface area contributed by atoms with Gasteiger partial charge in [-0.2, -0.15) is 0 Å². The number of hydrogen-bond donors (Lipinski definition) is 2. The van der Waals surface area contributed by atoms with E-state index in [0.717, 1.165) is 21.6 Å². The number of rotatable bonds is 8. The zero-order valence-electron chi connectivity index (χ0n) is 23.2. The van der Waals surface area contributed by atoms with Crippen LogP contribution in [0.1, 0.15) is 22.3 Å². The summed E-state index contributed by atoms with van der Waals surface area (Å²) in [4.78, 5) is 0.364. The molecular formula is C34H30N2O4S2. The van der Waals surface area contributed by atoms with E-state index in [2.05, 4.69) is 9.44 Å². The monoisotopic (exact) mass is 594 g/mol. The van der Waals surface area contributed by atoms with Gasteiger partial charge in [0.1, 0.15) is 0 Å². The lowest BCUT2D eigenvalue weighted by Gasteiger charge is -2.11. The van der Waals surface area contributed by atoms with E-state index in [1.54, 1.807) is 72.8 Å². The summed E-state index contributed by atoms with van der Waals surface area (Å²) in [6.07, 6.45) is 3.80. The molecule has 0 saturated heterocycles. The summed E-state index contributed by atoms with van der Waals surface area (Å²) in [5, 5.41) is 1.66. The van der Waals surface area contributed by atoms with Gasteiger partial charge in [0.2, 0.25) is 0 Å². The molecule has 212 valence electrons. The molecule has 0 fully saturated rings. The van der Waals surface area contributed by atoms with Crippen molar-refractivity contribution in [3.05, 3.63) is 154 Å². The number of hydrogen-bond acceptors (Lipinski definition) is 4. The van der Waals surface area contributed by atoms with Crippen molar-refractivity contribution >= 4 is 43.6 Å². The van der Waals surface area contributed by atoms with Gasteiger partial charge in [-0.25, -0.2) is 16.8 Å². The second-order valence-electron chi connectivity index (χ2n) is 9.93. The lowest BCUT2D eigenvalue weighted by molar-refractivity contribution is 0.599. The van der Waals surface area contributed by atoms with Crippen LogP contribution in [0.15, 0.2) is 131 Å². The van der Waals surface area contributed by atoms with Crippen molar-refractivity contribution in [3.8, 4) is 0 Å². The average molecular weight is 595 g/mol. The van der Waals surface area contributed by atoms with Crippen molar-refractivity contribution in [2.75, 3.05) is 9.44 Å². The fourth-order valence-electron chi connectivity index (χ4n) is 4.38. The highest BCUT2D eigenvalue weighted by Gasteiger charge is 2.16. The predicted molar refractivity (Wildman–Crippen MR) is 170 cm³/mol. The minimum atomic E-state index is -3.79. The predicted octanol–water partition coefficient (Wildman–Crippen LogP) is 5.56. The molecular weight excluding hydrogens is 565 g/mol. The molecule has 42 heavy (non-hydrogen) atoms. The Balaban J connectivity index is 1.53. The fraction of sp³-hybridized carbons (Fsp3) is 0.0588. The standard InChI is InChI=1S/C34H30N2O4S2/c1-25-15-19-31(20-16-25)41(37,38)35-33-13-7-5-11-29(33)23-27-9-3-4-10-28(27)24-30-12-6-8-14-34(30)36-42(39,40)32-21-17-26(2)18-22-32/h3-24,35-36H,1-2H3. The van der Waals surface area contributed by atoms with E-state index < -0.39 is 20.0 Å². The third-order valence-corrected chi connectivity index (χ3v) is 9.45. The van der Waals surface area contributed by atoms with E-state index >= 15 is 0 Å². The van der Waals surface area contributed by atoms with E-state index in [9.17, 15) is 16.8 Å². The molecule has 2 N–H and O–H groups in total. The van der Waals surface area contributed by atoms with Crippen LogP contribution in [-0.2, 0) is 20.0 Å². The molecule has 0 amide bonds. The largest absolute Gasteiger partial charge is 0.279 e. The van der Waals surface area contributed by atoms with Crippen molar-refractivity contribution in [1.82, 2.24) is 0 Å². The van der Waals surface area contributed by atoms with Gasteiger partial charge in [-0.3, -0.25) is 9.44 Å². The van der Waals surface area contributed by atoms with Crippen LogP contribution in [0.2, 0.25) is 0 Å². The minimum absolute atomic E-state index is 0.182. The van der Waals surface area contributed by atoms with Crippen molar-refractivity contribution in [2.45, 2.75) is 23.6 Å². The van der Waals surface area contributed by atoms with E-state index in [-0.39, 0.29) is 9.79 Å². The number of para-hydroxylation sites is 2. The molecule has 0 aliphatic rings. The number of sulfonamides is 2. The summed E-state index contributed by atoms with van der Waals surface area (Å²) in [6.45, 7) is 3.81. The lowest BCUT2D eigenvalue weighted by Crippen LogP contribution is -2.24. The van der Waals surface area contributed by atoms with Crippen LogP contribution < -0.4 is 19.9 Å². The Morgan fingerprint density at radius 1 is 0.452 bits per heavy atom. The highest BCUT2D eigenvalue weighted by Crippen LogP contribution is 2.22. The quantitative estimate of drug-likeness (QED) is 0.246. The van der Waals surface area contributed by atoms with Crippen LogP contribution in [0.3, 0.4) is 0 Å². The number of nitrogens with one attached hydrogen (secondary N) is 2. The maximum atomic E-state index is 13.1. The Morgan fingerprint density at radius 2 is 0.786 bits per heavy atom. The first-order valence-corrected chi connectivity index (χ1v) is 16.2. The highest BCUT2D eigenvalue weighted by atomic mass is 32.2. The first kappa shape index (κ1) is 28.9. The van der Waals surface area contributed by atoms with Crippen LogP contribution in [0.5, 0.6) is 0 Å². The molecule has 0 bridgehead atoms.